The Kier molecular flexibility index (Phi) is 5.47. The predicted octanol–water partition coefficient (Wildman–Crippen LogP) is 3.32. The number of thiazole rings is 1. The zero-order valence-corrected chi connectivity index (χ0v) is 16.9. The third-order valence-corrected chi connectivity index (χ3v) is 6.19. The largest absolute Gasteiger partial charge is 0.346 e. The maximum Gasteiger partial charge on any atom is 0.321 e. The molecular formula is C20H25N5O2S. The highest BCUT2D eigenvalue weighted by Crippen LogP contribution is 2.29. The zero-order chi connectivity index (χ0) is 19.5. The van der Waals surface area contributed by atoms with Crippen molar-refractivity contribution in [3.05, 3.63) is 35.3 Å². The molecule has 2 aliphatic rings. The van der Waals surface area contributed by atoms with Crippen LogP contribution in [0.5, 0.6) is 0 Å². The number of carbonyl (C=O) groups excluding carboxylic acids is 2. The summed E-state index contributed by atoms with van der Waals surface area (Å²) in [5, 5.41) is 6.11. The highest BCUT2D eigenvalue weighted by molar-refractivity contribution is 7.13. The van der Waals surface area contributed by atoms with Crippen molar-refractivity contribution in [3.63, 3.8) is 0 Å². The van der Waals surface area contributed by atoms with Gasteiger partial charge in [0.05, 0.1) is 17.1 Å². The molecule has 4 rings (SSSR count). The number of para-hydroxylation sites is 2. The first kappa shape index (κ1) is 18.7. The van der Waals surface area contributed by atoms with Gasteiger partial charge in [0.2, 0.25) is 5.91 Å². The first-order valence-corrected chi connectivity index (χ1v) is 10.6. The molecule has 148 valence electrons. The summed E-state index contributed by atoms with van der Waals surface area (Å²) in [6, 6.07) is 7.43. The molecule has 2 saturated heterocycles. The minimum Gasteiger partial charge on any atom is -0.346 e. The lowest BCUT2D eigenvalue weighted by atomic mass is 10.2. The number of aryl methyl sites for hydroxylation is 1. The van der Waals surface area contributed by atoms with Crippen LogP contribution in [0, 0.1) is 6.92 Å². The maximum atomic E-state index is 12.9. The van der Waals surface area contributed by atoms with Crippen molar-refractivity contribution in [2.45, 2.75) is 26.2 Å². The third kappa shape index (κ3) is 3.96. The number of urea groups is 1. The van der Waals surface area contributed by atoms with Crippen LogP contribution < -0.4 is 15.1 Å². The molecule has 3 heterocycles. The fourth-order valence-electron chi connectivity index (χ4n) is 3.71. The molecule has 0 atom stereocenters. The number of carbonyl (C=O) groups is 2. The molecule has 2 aromatic rings. The Morgan fingerprint density at radius 3 is 2.71 bits per heavy atom. The van der Waals surface area contributed by atoms with Crippen LogP contribution in [0.3, 0.4) is 0 Å². The van der Waals surface area contributed by atoms with Crippen LogP contribution in [0.2, 0.25) is 0 Å². The lowest BCUT2D eigenvalue weighted by molar-refractivity contribution is -0.117. The highest BCUT2D eigenvalue weighted by Gasteiger charge is 2.25. The SMILES string of the molecule is Cc1csc(N2CCCN(C(=O)Nc3ccccc3N3CCCC3=O)CC2)n1. The Bertz CT molecular complexity index is 868. The monoisotopic (exact) mass is 399 g/mol. The molecule has 28 heavy (non-hydrogen) atoms. The van der Waals surface area contributed by atoms with E-state index in [0.717, 1.165) is 42.4 Å². The van der Waals surface area contributed by atoms with Gasteiger partial charge < -0.3 is 20.0 Å². The standard InChI is InChI=1S/C20H25N5O2S/c1-15-14-28-20(21-15)24-10-5-9-23(12-13-24)19(27)22-16-6-2-3-7-17(16)25-11-4-8-18(25)26/h2-3,6-7,14H,4-5,8-13H2,1H3,(H,22,27). The van der Waals surface area contributed by atoms with E-state index in [2.05, 4.69) is 20.6 Å². The quantitative estimate of drug-likeness (QED) is 0.860. The minimum atomic E-state index is -0.115. The first-order valence-electron chi connectivity index (χ1n) is 9.74. The van der Waals surface area contributed by atoms with Gasteiger partial charge in [-0.25, -0.2) is 9.78 Å². The van der Waals surface area contributed by atoms with Crippen molar-refractivity contribution >= 4 is 39.8 Å². The Balaban J connectivity index is 1.42. The van der Waals surface area contributed by atoms with Gasteiger partial charge in [0.1, 0.15) is 0 Å². The fourth-order valence-corrected chi connectivity index (χ4v) is 4.57. The number of hydrogen-bond donors (Lipinski definition) is 1. The second-order valence-corrected chi connectivity index (χ2v) is 8.03. The Hall–Kier alpha value is -2.61. The summed E-state index contributed by atoms with van der Waals surface area (Å²) in [5.41, 5.74) is 2.51. The maximum absolute atomic E-state index is 12.9. The first-order chi connectivity index (χ1) is 13.6. The fraction of sp³-hybridized carbons (Fsp3) is 0.450. The van der Waals surface area contributed by atoms with Crippen molar-refractivity contribution in [2.75, 3.05) is 47.8 Å². The van der Waals surface area contributed by atoms with Crippen LogP contribution in [0.1, 0.15) is 25.0 Å². The van der Waals surface area contributed by atoms with E-state index in [0.29, 0.717) is 31.7 Å². The van der Waals surface area contributed by atoms with Gasteiger partial charge in [0, 0.05) is 44.5 Å². The van der Waals surface area contributed by atoms with Crippen LogP contribution >= 0.6 is 11.3 Å². The summed E-state index contributed by atoms with van der Waals surface area (Å²) in [6.45, 7) is 5.73. The Labute approximate surface area is 169 Å². The summed E-state index contributed by atoms with van der Waals surface area (Å²) in [4.78, 5) is 35.5. The molecule has 0 spiro atoms. The number of benzene rings is 1. The number of nitrogens with one attached hydrogen (secondary N) is 1. The summed E-state index contributed by atoms with van der Waals surface area (Å²) in [6.07, 6.45) is 2.33. The average molecular weight is 400 g/mol. The lowest BCUT2D eigenvalue weighted by Gasteiger charge is -2.24. The van der Waals surface area contributed by atoms with Crippen molar-refractivity contribution < 1.29 is 9.59 Å². The van der Waals surface area contributed by atoms with Crippen LogP contribution in [-0.2, 0) is 4.79 Å². The predicted molar refractivity (Wildman–Crippen MR) is 112 cm³/mol. The number of hydrogen-bond acceptors (Lipinski definition) is 5. The van der Waals surface area contributed by atoms with Crippen LogP contribution in [0.15, 0.2) is 29.6 Å². The summed E-state index contributed by atoms with van der Waals surface area (Å²) < 4.78 is 0. The van der Waals surface area contributed by atoms with Gasteiger partial charge in [-0.1, -0.05) is 12.1 Å². The Morgan fingerprint density at radius 1 is 1.11 bits per heavy atom. The molecule has 0 saturated carbocycles. The number of anilines is 3. The van der Waals surface area contributed by atoms with Crippen LogP contribution in [0.25, 0.3) is 0 Å². The molecule has 0 aliphatic carbocycles. The average Bonchev–Trinajstić information content (AvgIpc) is 3.23. The Morgan fingerprint density at radius 2 is 1.96 bits per heavy atom. The van der Waals surface area contributed by atoms with Crippen molar-refractivity contribution in [1.82, 2.24) is 9.88 Å². The van der Waals surface area contributed by atoms with Gasteiger partial charge in [0.25, 0.3) is 0 Å². The number of aromatic nitrogens is 1. The van der Waals surface area contributed by atoms with Crippen molar-refractivity contribution in [3.8, 4) is 0 Å². The summed E-state index contributed by atoms with van der Waals surface area (Å²) in [5.74, 6) is 0.117. The van der Waals surface area contributed by atoms with Crippen LogP contribution in [0.4, 0.5) is 21.3 Å². The molecule has 2 fully saturated rings. The molecule has 0 unspecified atom stereocenters. The molecule has 0 bridgehead atoms. The van der Waals surface area contributed by atoms with Gasteiger partial charge in [-0.3, -0.25) is 4.79 Å². The van der Waals surface area contributed by atoms with E-state index in [-0.39, 0.29) is 11.9 Å². The van der Waals surface area contributed by atoms with Gasteiger partial charge >= 0.3 is 6.03 Å². The molecule has 0 radical (unpaired) electrons. The van der Waals surface area contributed by atoms with E-state index in [1.165, 1.54) is 0 Å². The van der Waals surface area contributed by atoms with Gasteiger partial charge in [0.15, 0.2) is 5.13 Å². The van der Waals surface area contributed by atoms with E-state index in [1.807, 2.05) is 36.1 Å². The van der Waals surface area contributed by atoms with E-state index in [4.69, 9.17) is 0 Å². The molecule has 7 nitrogen and oxygen atoms in total. The smallest absolute Gasteiger partial charge is 0.321 e. The van der Waals surface area contributed by atoms with E-state index < -0.39 is 0 Å². The molecule has 1 aromatic heterocycles. The topological polar surface area (TPSA) is 68.8 Å². The molecule has 1 aromatic carbocycles. The van der Waals surface area contributed by atoms with Crippen molar-refractivity contribution in [1.29, 1.82) is 0 Å². The van der Waals surface area contributed by atoms with E-state index in [9.17, 15) is 9.59 Å². The molecule has 3 amide bonds. The van der Waals surface area contributed by atoms with Gasteiger partial charge in [-0.2, -0.15) is 0 Å². The van der Waals surface area contributed by atoms with Gasteiger partial charge in [-0.05, 0) is 31.9 Å². The molecule has 1 N–H and O–H groups in total. The van der Waals surface area contributed by atoms with E-state index in [1.54, 1.807) is 16.2 Å². The van der Waals surface area contributed by atoms with Gasteiger partial charge in [-0.15, -0.1) is 11.3 Å². The summed E-state index contributed by atoms with van der Waals surface area (Å²) >= 11 is 1.65. The number of nitrogens with zero attached hydrogens (tertiary/aromatic N) is 4. The minimum absolute atomic E-state index is 0.115. The second-order valence-electron chi connectivity index (χ2n) is 7.20. The normalized spacial score (nSPS) is 17.8. The molecular weight excluding hydrogens is 374 g/mol. The number of rotatable bonds is 3. The number of amides is 3. The van der Waals surface area contributed by atoms with Crippen molar-refractivity contribution in [2.24, 2.45) is 0 Å². The highest BCUT2D eigenvalue weighted by atomic mass is 32.1. The third-order valence-electron chi connectivity index (χ3n) is 5.17. The second kappa shape index (κ2) is 8.18. The van der Waals surface area contributed by atoms with Crippen LogP contribution in [-0.4, -0.2) is 54.5 Å². The molecule has 2 aliphatic heterocycles. The summed E-state index contributed by atoms with van der Waals surface area (Å²) in [7, 11) is 0. The molecule has 8 heteroatoms. The lowest BCUT2D eigenvalue weighted by Crippen LogP contribution is -2.38. The van der Waals surface area contributed by atoms with E-state index >= 15 is 0 Å². The zero-order valence-electron chi connectivity index (χ0n) is 16.1.